The lowest BCUT2D eigenvalue weighted by Gasteiger charge is -1.95. The van der Waals surface area contributed by atoms with Gasteiger partial charge in [-0.05, 0) is 0 Å². The van der Waals surface area contributed by atoms with Gasteiger partial charge in [0.15, 0.2) is 0 Å². The normalized spacial score (nSPS) is 11.1. The third-order valence-electron chi connectivity index (χ3n) is 1.44. The van der Waals surface area contributed by atoms with Crippen molar-refractivity contribution in [2.45, 2.75) is 0 Å². The van der Waals surface area contributed by atoms with Crippen molar-refractivity contribution in [3.8, 4) is 0 Å². The monoisotopic (exact) mass is 212 g/mol. The molecule has 15 heavy (non-hydrogen) atoms. The highest BCUT2D eigenvalue weighted by Crippen LogP contribution is 2.25. The average molecular weight is 212 g/mol. The van der Waals surface area contributed by atoms with Gasteiger partial charge in [0.2, 0.25) is 0 Å². The molecule has 0 saturated carbocycles. The quantitative estimate of drug-likeness (QED) is 0.323. The molecule has 0 N–H and O–H groups in total. The van der Waals surface area contributed by atoms with Gasteiger partial charge in [-0.3, -0.25) is 10.1 Å². The smallest absolute Gasteiger partial charge is 0.349 e. The summed E-state index contributed by atoms with van der Waals surface area (Å²) in [5.41, 5.74) is -1.03. The second-order valence-corrected chi connectivity index (χ2v) is 2.35. The lowest BCUT2D eigenvalue weighted by Crippen LogP contribution is -2.00. The third kappa shape index (κ3) is 2.43. The van der Waals surface area contributed by atoms with Crippen LogP contribution < -0.4 is 0 Å². The molecule has 0 atom stereocenters. The van der Waals surface area contributed by atoms with Gasteiger partial charge in [0, 0.05) is 17.0 Å². The molecule has 9 heteroatoms. The first-order chi connectivity index (χ1) is 7.02. The standard InChI is InChI=1S/C6H4N4O5/c11-8(7-10(14)15)5-3-1-2-4-6(5)9(12)13/h1-4H. The van der Waals surface area contributed by atoms with Crippen molar-refractivity contribution in [1.82, 2.24) is 0 Å². The zero-order valence-corrected chi connectivity index (χ0v) is 7.14. The van der Waals surface area contributed by atoms with Gasteiger partial charge in [0.25, 0.3) is 5.03 Å². The van der Waals surface area contributed by atoms with Gasteiger partial charge < -0.3 is 5.21 Å². The van der Waals surface area contributed by atoms with E-state index in [9.17, 15) is 25.4 Å². The number of nitro groups is 2. The molecule has 9 nitrogen and oxygen atoms in total. The van der Waals surface area contributed by atoms with E-state index in [1.807, 2.05) is 0 Å². The highest BCUT2D eigenvalue weighted by molar-refractivity contribution is 5.51. The minimum atomic E-state index is -1.23. The Morgan fingerprint density at radius 2 is 1.53 bits per heavy atom. The summed E-state index contributed by atoms with van der Waals surface area (Å²) in [5, 5.41) is 32.5. The first kappa shape index (κ1) is 10.5. The predicted octanol–water partition coefficient (Wildman–Crippen LogP) is 1.38. The molecule has 0 heterocycles. The first-order valence-corrected chi connectivity index (χ1v) is 3.59. The molecule has 78 valence electrons. The summed E-state index contributed by atoms with van der Waals surface area (Å²) < 4.78 is 0. The van der Waals surface area contributed by atoms with Gasteiger partial charge in [-0.2, -0.15) is 0 Å². The molecule has 1 aromatic carbocycles. The summed E-state index contributed by atoms with van der Waals surface area (Å²) in [6.07, 6.45) is 0. The number of hydrogen-bond acceptors (Lipinski definition) is 5. The molecule has 0 aliphatic rings. The Balaban J connectivity index is 3.25. The van der Waals surface area contributed by atoms with Crippen LogP contribution in [0.15, 0.2) is 29.5 Å². The number of nitro benzene ring substituents is 1. The average Bonchev–Trinajstić information content (AvgIpc) is 2.16. The maximum atomic E-state index is 11.0. The Morgan fingerprint density at radius 3 is 2.00 bits per heavy atom. The summed E-state index contributed by atoms with van der Waals surface area (Å²) in [7, 11) is 0. The predicted molar refractivity (Wildman–Crippen MR) is 45.8 cm³/mol. The number of hydrogen-bond donors (Lipinski definition) is 0. The molecule has 0 bridgehead atoms. The summed E-state index contributed by atoms with van der Waals surface area (Å²) in [4.78, 5) is 19.1. The maximum Gasteiger partial charge on any atom is 0.349 e. The van der Waals surface area contributed by atoms with E-state index in [2.05, 4.69) is 5.22 Å². The molecule has 0 aliphatic carbocycles. The maximum absolute atomic E-state index is 11.0. The highest BCUT2D eigenvalue weighted by atomic mass is 16.7. The van der Waals surface area contributed by atoms with Gasteiger partial charge in [0.05, 0.1) is 4.92 Å². The van der Waals surface area contributed by atoms with Crippen LogP contribution in [0.5, 0.6) is 0 Å². The molecular formula is C6H4N4O5. The number of nitrogens with zero attached hydrogens (tertiary/aromatic N) is 4. The molecule has 0 spiro atoms. The Bertz CT molecular complexity index is 443. The van der Waals surface area contributed by atoms with Crippen LogP contribution in [0.2, 0.25) is 0 Å². The molecule has 0 aromatic heterocycles. The van der Waals surface area contributed by atoms with Crippen LogP contribution in [-0.2, 0) is 0 Å². The van der Waals surface area contributed by atoms with Crippen molar-refractivity contribution in [2.24, 2.45) is 5.22 Å². The van der Waals surface area contributed by atoms with Crippen molar-refractivity contribution in [3.63, 3.8) is 0 Å². The van der Waals surface area contributed by atoms with Crippen molar-refractivity contribution in [3.05, 3.63) is 49.7 Å². The lowest BCUT2D eigenvalue weighted by atomic mass is 10.3. The Hall–Kier alpha value is -2.58. The van der Waals surface area contributed by atoms with E-state index in [-0.39, 0.29) is 0 Å². The minimum Gasteiger partial charge on any atom is -0.589 e. The van der Waals surface area contributed by atoms with Gasteiger partial charge in [-0.15, -0.1) is 0 Å². The first-order valence-electron chi connectivity index (χ1n) is 3.59. The summed E-state index contributed by atoms with van der Waals surface area (Å²) in [5.74, 6) is 0. The third-order valence-corrected chi connectivity index (χ3v) is 1.44. The largest absolute Gasteiger partial charge is 0.589 e. The van der Waals surface area contributed by atoms with Crippen LogP contribution in [-0.4, -0.2) is 14.8 Å². The molecular weight excluding hydrogens is 208 g/mol. The molecule has 0 amide bonds. The minimum absolute atomic E-state index is 0.405. The summed E-state index contributed by atoms with van der Waals surface area (Å²) >= 11 is 0. The van der Waals surface area contributed by atoms with E-state index in [1.165, 1.54) is 12.1 Å². The van der Waals surface area contributed by atoms with Crippen LogP contribution in [0.4, 0.5) is 11.4 Å². The Morgan fingerprint density at radius 1 is 1.00 bits per heavy atom. The van der Waals surface area contributed by atoms with Gasteiger partial charge >= 0.3 is 16.6 Å². The topological polar surface area (TPSA) is 125 Å². The van der Waals surface area contributed by atoms with Crippen molar-refractivity contribution < 1.29 is 14.8 Å². The van der Waals surface area contributed by atoms with Crippen LogP contribution in [0, 0.1) is 25.4 Å². The van der Waals surface area contributed by atoms with Crippen molar-refractivity contribution >= 4 is 11.4 Å². The van der Waals surface area contributed by atoms with Crippen molar-refractivity contribution in [1.29, 1.82) is 0 Å². The van der Waals surface area contributed by atoms with Gasteiger partial charge in [-0.25, -0.2) is 10.1 Å². The summed E-state index contributed by atoms with van der Waals surface area (Å²) in [6.45, 7) is 0. The SMILES string of the molecule is O=[N+]([O-])N=[N+]([O-])c1ccccc1[N+](=O)[O-]. The van der Waals surface area contributed by atoms with E-state index in [4.69, 9.17) is 0 Å². The van der Waals surface area contributed by atoms with Crippen LogP contribution in [0.3, 0.4) is 0 Å². The second-order valence-electron chi connectivity index (χ2n) is 2.35. The van der Waals surface area contributed by atoms with Crippen molar-refractivity contribution in [2.75, 3.05) is 0 Å². The molecule has 1 rings (SSSR count). The van der Waals surface area contributed by atoms with Gasteiger partial charge in [-0.1, -0.05) is 12.1 Å². The van der Waals surface area contributed by atoms with Crippen LogP contribution >= 0.6 is 0 Å². The molecule has 0 radical (unpaired) electrons. The number of benzene rings is 1. The molecule has 1 aromatic rings. The molecule has 0 fully saturated rings. The molecule has 0 aliphatic heterocycles. The fraction of sp³-hybridized carbons (Fsp3) is 0. The second kappa shape index (κ2) is 4.09. The van der Waals surface area contributed by atoms with Crippen LogP contribution in [0.1, 0.15) is 0 Å². The highest BCUT2D eigenvalue weighted by Gasteiger charge is 2.23. The van der Waals surface area contributed by atoms with E-state index in [0.717, 1.165) is 12.1 Å². The number of para-hydroxylation sites is 2. The van der Waals surface area contributed by atoms with E-state index in [0.29, 0.717) is 0 Å². The number of rotatable bonds is 3. The molecule has 0 unspecified atom stereocenters. The summed E-state index contributed by atoms with van der Waals surface area (Å²) in [6, 6.07) is 4.79. The fourth-order valence-electron chi connectivity index (χ4n) is 0.895. The Kier molecular flexibility index (Phi) is 2.86. The van der Waals surface area contributed by atoms with Crippen LogP contribution in [0.25, 0.3) is 0 Å². The Labute approximate surface area is 82.1 Å². The van der Waals surface area contributed by atoms with Gasteiger partial charge in [0.1, 0.15) is 0 Å². The lowest BCUT2D eigenvalue weighted by molar-refractivity contribution is -0.643. The van der Waals surface area contributed by atoms with E-state index >= 15 is 0 Å². The zero-order valence-electron chi connectivity index (χ0n) is 7.14. The molecule has 0 saturated heterocycles. The zero-order chi connectivity index (χ0) is 11.4. The van der Waals surface area contributed by atoms with E-state index in [1.54, 1.807) is 0 Å². The fourth-order valence-corrected chi connectivity index (χ4v) is 0.895. The van der Waals surface area contributed by atoms with E-state index < -0.39 is 26.2 Å².